The lowest BCUT2D eigenvalue weighted by Crippen LogP contribution is -2.45. The monoisotopic (exact) mass is 282 g/mol. The van der Waals surface area contributed by atoms with E-state index in [1.165, 1.54) is 6.20 Å². The number of nitrogens with zero attached hydrogens (tertiary/aromatic N) is 3. The summed E-state index contributed by atoms with van der Waals surface area (Å²) in [6.45, 7) is 0. The number of pyridine rings is 1. The zero-order valence-corrected chi connectivity index (χ0v) is 10.4. The molecule has 8 nitrogen and oxygen atoms in total. The van der Waals surface area contributed by atoms with Crippen LogP contribution in [0.25, 0.3) is 0 Å². The van der Waals surface area contributed by atoms with E-state index in [9.17, 15) is 19.6 Å². The molecule has 1 aliphatic rings. The minimum atomic E-state index is -1.14. The summed E-state index contributed by atoms with van der Waals surface area (Å²) >= 11 is 3.34. The van der Waals surface area contributed by atoms with Crippen molar-refractivity contribution in [2.24, 2.45) is 0 Å². The summed E-state index contributed by atoms with van der Waals surface area (Å²) in [6.07, 6.45) is 1.21. The van der Waals surface area contributed by atoms with E-state index < -0.39 is 23.0 Å². The zero-order chi connectivity index (χ0) is 14.2. The molecule has 0 saturated carbocycles. The standard InChI is InChI=1S/C10H10N4O4S/c11-6-2-1-3-12-8(6)5-4-7(15)13(9(5)16)14(18)10(17)19/h1-3,5,18H,4,11H2,(H,17,19). The topological polar surface area (TPSA) is 117 Å². The molecule has 2 rings (SSSR count). The molecule has 1 aromatic rings. The molecule has 0 aliphatic carbocycles. The molecule has 0 bridgehead atoms. The van der Waals surface area contributed by atoms with Crippen molar-refractivity contribution in [3.63, 3.8) is 0 Å². The Bertz CT molecular complexity index is 564. The third-order valence-corrected chi connectivity index (χ3v) is 2.86. The summed E-state index contributed by atoms with van der Waals surface area (Å²) in [5.41, 5.74) is 6.19. The lowest BCUT2D eigenvalue weighted by molar-refractivity contribution is -0.198. The van der Waals surface area contributed by atoms with Crippen molar-refractivity contribution >= 4 is 35.4 Å². The molecule has 9 heteroatoms. The summed E-state index contributed by atoms with van der Waals surface area (Å²) < 4.78 is 0. The number of amides is 3. The fourth-order valence-electron chi connectivity index (χ4n) is 1.84. The Kier molecular flexibility index (Phi) is 3.40. The number of carbonyl (C=O) groups excluding carboxylic acids is 3. The highest BCUT2D eigenvalue weighted by molar-refractivity contribution is 7.96. The number of nitrogens with two attached hydrogens (primary N) is 1. The predicted octanol–water partition coefficient (Wildman–Crippen LogP) is 0.162. The second-order valence-corrected chi connectivity index (χ2v) is 4.23. The van der Waals surface area contributed by atoms with Crippen LogP contribution >= 0.6 is 12.6 Å². The van der Waals surface area contributed by atoms with Crippen LogP contribution in [0, 0.1) is 0 Å². The Morgan fingerprint density at radius 2 is 2.26 bits per heavy atom. The molecule has 1 atom stereocenters. The fourth-order valence-corrected chi connectivity index (χ4v) is 1.93. The summed E-state index contributed by atoms with van der Waals surface area (Å²) in [5, 5.41) is 8.39. The number of imide groups is 1. The Labute approximate surface area is 113 Å². The van der Waals surface area contributed by atoms with Crippen LogP contribution in [-0.2, 0) is 9.59 Å². The molecule has 3 amide bonds. The second kappa shape index (κ2) is 4.86. The lowest BCUT2D eigenvalue weighted by Gasteiger charge is -2.21. The summed E-state index contributed by atoms with van der Waals surface area (Å²) in [7, 11) is 0. The first-order chi connectivity index (χ1) is 8.93. The van der Waals surface area contributed by atoms with Gasteiger partial charge in [0.15, 0.2) is 0 Å². The van der Waals surface area contributed by atoms with Crippen LogP contribution in [0.3, 0.4) is 0 Å². The van der Waals surface area contributed by atoms with Crippen molar-refractivity contribution in [1.82, 2.24) is 15.2 Å². The first-order valence-corrected chi connectivity index (χ1v) is 5.67. The van der Waals surface area contributed by atoms with Gasteiger partial charge in [-0.1, -0.05) is 12.6 Å². The Morgan fingerprint density at radius 3 is 2.84 bits per heavy atom. The van der Waals surface area contributed by atoms with Gasteiger partial charge in [-0.25, -0.2) is 0 Å². The van der Waals surface area contributed by atoms with Crippen LogP contribution in [0.1, 0.15) is 18.0 Å². The van der Waals surface area contributed by atoms with E-state index in [2.05, 4.69) is 17.6 Å². The maximum atomic E-state index is 12.0. The molecule has 2 heterocycles. The van der Waals surface area contributed by atoms with Crippen molar-refractivity contribution in [2.75, 3.05) is 5.73 Å². The molecule has 1 saturated heterocycles. The molecular formula is C10H10N4O4S. The Morgan fingerprint density at radius 1 is 1.58 bits per heavy atom. The lowest BCUT2D eigenvalue weighted by atomic mass is 10.0. The second-order valence-electron chi connectivity index (χ2n) is 3.85. The third kappa shape index (κ3) is 2.25. The minimum absolute atomic E-state index is 0.132. The van der Waals surface area contributed by atoms with E-state index in [1.807, 2.05) is 0 Å². The molecule has 1 unspecified atom stereocenters. The molecule has 0 radical (unpaired) electrons. The maximum absolute atomic E-state index is 12.0. The van der Waals surface area contributed by atoms with E-state index in [0.717, 1.165) is 0 Å². The SMILES string of the molecule is Nc1cccnc1C1CC(=O)N(N(O)C(=O)S)C1=O. The smallest absolute Gasteiger partial charge is 0.322 e. The highest BCUT2D eigenvalue weighted by Crippen LogP contribution is 2.32. The van der Waals surface area contributed by atoms with Crippen molar-refractivity contribution < 1.29 is 19.6 Å². The highest BCUT2D eigenvalue weighted by Gasteiger charge is 2.45. The van der Waals surface area contributed by atoms with E-state index in [4.69, 9.17) is 5.73 Å². The highest BCUT2D eigenvalue weighted by atomic mass is 32.1. The molecule has 1 aliphatic heterocycles. The van der Waals surface area contributed by atoms with Crippen molar-refractivity contribution in [1.29, 1.82) is 0 Å². The molecule has 0 spiro atoms. The average molecular weight is 282 g/mol. The summed E-state index contributed by atoms with van der Waals surface area (Å²) in [5.74, 6) is -2.43. The normalized spacial score (nSPS) is 18.8. The molecular weight excluding hydrogens is 272 g/mol. The van der Waals surface area contributed by atoms with Gasteiger partial charge in [0.05, 0.1) is 17.3 Å². The first kappa shape index (κ1) is 13.3. The van der Waals surface area contributed by atoms with Crippen LogP contribution in [0.4, 0.5) is 10.5 Å². The molecule has 1 aromatic heterocycles. The van der Waals surface area contributed by atoms with Gasteiger partial charge in [0.25, 0.3) is 11.8 Å². The average Bonchev–Trinajstić information content (AvgIpc) is 2.64. The van der Waals surface area contributed by atoms with Crippen LogP contribution in [0.5, 0.6) is 0 Å². The van der Waals surface area contributed by atoms with Crippen LogP contribution < -0.4 is 5.73 Å². The van der Waals surface area contributed by atoms with E-state index in [1.54, 1.807) is 12.1 Å². The number of hydrogen-bond acceptors (Lipinski definition) is 6. The number of hydrazine groups is 1. The maximum Gasteiger partial charge on any atom is 0.322 e. The number of carbonyl (C=O) groups is 3. The first-order valence-electron chi connectivity index (χ1n) is 5.22. The van der Waals surface area contributed by atoms with Gasteiger partial charge in [0.2, 0.25) is 0 Å². The van der Waals surface area contributed by atoms with Gasteiger partial charge in [-0.05, 0) is 12.1 Å². The predicted molar refractivity (Wildman–Crippen MR) is 65.9 cm³/mol. The molecule has 19 heavy (non-hydrogen) atoms. The van der Waals surface area contributed by atoms with E-state index in [-0.39, 0.29) is 23.0 Å². The number of aromatic nitrogens is 1. The molecule has 1 fully saturated rings. The van der Waals surface area contributed by atoms with Gasteiger partial charge >= 0.3 is 5.24 Å². The van der Waals surface area contributed by atoms with Crippen LogP contribution in [0.15, 0.2) is 18.3 Å². The fraction of sp³-hybridized carbons (Fsp3) is 0.200. The van der Waals surface area contributed by atoms with Crippen molar-refractivity contribution in [2.45, 2.75) is 12.3 Å². The third-order valence-electron chi connectivity index (χ3n) is 2.68. The van der Waals surface area contributed by atoms with Gasteiger partial charge in [-0.15, -0.1) is 5.17 Å². The number of nitrogen functional groups attached to an aromatic ring is 1. The van der Waals surface area contributed by atoms with Gasteiger partial charge in [-0.3, -0.25) is 24.6 Å². The van der Waals surface area contributed by atoms with Gasteiger partial charge < -0.3 is 5.73 Å². The molecule has 3 N–H and O–H groups in total. The number of hydroxylamine groups is 1. The van der Waals surface area contributed by atoms with Crippen molar-refractivity contribution in [3.05, 3.63) is 24.0 Å². The minimum Gasteiger partial charge on any atom is -0.397 e. The molecule has 100 valence electrons. The summed E-state index contributed by atoms with van der Waals surface area (Å²) in [6, 6.07) is 3.14. The number of rotatable bonds is 2. The number of thiol groups is 1. The van der Waals surface area contributed by atoms with Gasteiger partial charge in [-0.2, -0.15) is 5.01 Å². The zero-order valence-electron chi connectivity index (χ0n) is 9.55. The number of anilines is 1. The van der Waals surface area contributed by atoms with Crippen LogP contribution in [-0.4, -0.2) is 37.4 Å². The molecule has 0 aromatic carbocycles. The van der Waals surface area contributed by atoms with Gasteiger partial charge in [0.1, 0.15) is 0 Å². The summed E-state index contributed by atoms with van der Waals surface area (Å²) in [4.78, 5) is 38.6. The number of hydrogen-bond donors (Lipinski definition) is 3. The van der Waals surface area contributed by atoms with Crippen LogP contribution in [0.2, 0.25) is 0 Å². The Hall–Kier alpha value is -2.13. The van der Waals surface area contributed by atoms with E-state index in [0.29, 0.717) is 5.01 Å². The quantitative estimate of drug-likeness (QED) is 0.308. The Balaban J connectivity index is 2.33. The largest absolute Gasteiger partial charge is 0.397 e. The van der Waals surface area contributed by atoms with Crippen molar-refractivity contribution in [3.8, 4) is 0 Å². The van der Waals surface area contributed by atoms with Gasteiger partial charge in [0, 0.05) is 12.6 Å². The van der Waals surface area contributed by atoms with E-state index >= 15 is 0 Å².